The van der Waals surface area contributed by atoms with Crippen LogP contribution in [0.25, 0.3) is 0 Å². The SMILES string of the molecule is CC(C(N)=O)N(C)c1ccccc1CN. The maximum atomic E-state index is 11.1. The topological polar surface area (TPSA) is 72.4 Å². The molecule has 0 aliphatic heterocycles. The van der Waals surface area contributed by atoms with Crippen molar-refractivity contribution in [2.75, 3.05) is 11.9 Å². The second-order valence-corrected chi connectivity index (χ2v) is 3.52. The molecule has 0 spiro atoms. The number of carbonyl (C=O) groups is 1. The van der Waals surface area contributed by atoms with E-state index in [-0.39, 0.29) is 11.9 Å². The molecule has 82 valence electrons. The molecule has 0 bridgehead atoms. The molecule has 1 rings (SSSR count). The third-order valence-corrected chi connectivity index (χ3v) is 2.58. The van der Waals surface area contributed by atoms with Gasteiger partial charge in [0.15, 0.2) is 0 Å². The third-order valence-electron chi connectivity index (χ3n) is 2.58. The Morgan fingerprint density at radius 3 is 2.60 bits per heavy atom. The van der Waals surface area contributed by atoms with Crippen molar-refractivity contribution in [3.63, 3.8) is 0 Å². The second kappa shape index (κ2) is 4.79. The molecule has 0 aliphatic rings. The van der Waals surface area contributed by atoms with E-state index in [0.29, 0.717) is 6.54 Å². The van der Waals surface area contributed by atoms with E-state index in [0.717, 1.165) is 11.3 Å². The van der Waals surface area contributed by atoms with E-state index in [1.54, 1.807) is 6.92 Å². The Bertz CT molecular complexity index is 351. The van der Waals surface area contributed by atoms with E-state index in [4.69, 9.17) is 11.5 Å². The van der Waals surface area contributed by atoms with Crippen molar-refractivity contribution in [1.29, 1.82) is 0 Å². The molecule has 4 N–H and O–H groups in total. The number of likely N-dealkylation sites (N-methyl/N-ethyl adjacent to an activating group) is 1. The number of hydrogen-bond acceptors (Lipinski definition) is 3. The van der Waals surface area contributed by atoms with Crippen LogP contribution in [0.3, 0.4) is 0 Å². The molecule has 4 heteroatoms. The number of para-hydroxylation sites is 1. The van der Waals surface area contributed by atoms with Crippen molar-refractivity contribution in [2.45, 2.75) is 19.5 Å². The number of benzene rings is 1. The van der Waals surface area contributed by atoms with Gasteiger partial charge in [-0.3, -0.25) is 4.79 Å². The number of anilines is 1. The Labute approximate surface area is 89.9 Å². The van der Waals surface area contributed by atoms with E-state index in [1.165, 1.54) is 0 Å². The van der Waals surface area contributed by atoms with Crippen LogP contribution in [0.15, 0.2) is 24.3 Å². The minimum atomic E-state index is -0.343. The van der Waals surface area contributed by atoms with E-state index >= 15 is 0 Å². The van der Waals surface area contributed by atoms with Gasteiger partial charge in [-0.05, 0) is 18.6 Å². The van der Waals surface area contributed by atoms with Crippen LogP contribution in [0.4, 0.5) is 5.69 Å². The lowest BCUT2D eigenvalue weighted by Gasteiger charge is -2.26. The zero-order chi connectivity index (χ0) is 11.4. The number of hydrogen-bond donors (Lipinski definition) is 2. The summed E-state index contributed by atoms with van der Waals surface area (Å²) in [6, 6.07) is 7.38. The molecule has 0 aromatic heterocycles. The first-order chi connectivity index (χ1) is 7.07. The van der Waals surface area contributed by atoms with Gasteiger partial charge >= 0.3 is 0 Å². The Hall–Kier alpha value is -1.55. The first-order valence-electron chi connectivity index (χ1n) is 4.88. The van der Waals surface area contributed by atoms with Crippen molar-refractivity contribution in [3.8, 4) is 0 Å². The highest BCUT2D eigenvalue weighted by Gasteiger charge is 2.16. The van der Waals surface area contributed by atoms with Gasteiger partial charge in [0.1, 0.15) is 6.04 Å². The van der Waals surface area contributed by atoms with Crippen LogP contribution in [0.2, 0.25) is 0 Å². The molecule has 1 aromatic carbocycles. The summed E-state index contributed by atoms with van der Waals surface area (Å²) in [6.45, 7) is 2.22. The highest BCUT2D eigenvalue weighted by molar-refractivity contribution is 5.83. The summed E-state index contributed by atoms with van der Waals surface area (Å²) in [7, 11) is 1.84. The zero-order valence-corrected chi connectivity index (χ0v) is 9.10. The predicted molar refractivity (Wildman–Crippen MR) is 61.4 cm³/mol. The predicted octanol–water partition coefficient (Wildman–Crippen LogP) is 0.455. The summed E-state index contributed by atoms with van der Waals surface area (Å²) in [5.41, 5.74) is 12.8. The van der Waals surface area contributed by atoms with Gasteiger partial charge in [0, 0.05) is 19.3 Å². The number of rotatable bonds is 4. The monoisotopic (exact) mass is 207 g/mol. The molecular formula is C11H17N3O. The number of nitrogens with zero attached hydrogens (tertiary/aromatic N) is 1. The van der Waals surface area contributed by atoms with Crippen molar-refractivity contribution < 1.29 is 4.79 Å². The lowest BCUT2D eigenvalue weighted by molar-refractivity contribution is -0.118. The van der Waals surface area contributed by atoms with Gasteiger partial charge in [0.2, 0.25) is 5.91 Å². The van der Waals surface area contributed by atoms with E-state index < -0.39 is 0 Å². The van der Waals surface area contributed by atoms with Crippen LogP contribution < -0.4 is 16.4 Å². The summed E-state index contributed by atoms with van der Waals surface area (Å²) in [5.74, 6) is -0.343. The normalized spacial score (nSPS) is 12.2. The number of primary amides is 1. The van der Waals surface area contributed by atoms with E-state index in [1.807, 2.05) is 36.2 Å². The lowest BCUT2D eigenvalue weighted by Crippen LogP contribution is -2.40. The van der Waals surface area contributed by atoms with Gasteiger partial charge in [-0.1, -0.05) is 18.2 Å². The van der Waals surface area contributed by atoms with Crippen molar-refractivity contribution in [3.05, 3.63) is 29.8 Å². The Morgan fingerprint density at radius 2 is 2.07 bits per heavy atom. The van der Waals surface area contributed by atoms with Crippen LogP contribution in [0, 0.1) is 0 Å². The van der Waals surface area contributed by atoms with Gasteiger partial charge in [-0.15, -0.1) is 0 Å². The molecule has 1 amide bonds. The van der Waals surface area contributed by atoms with Crippen LogP contribution >= 0.6 is 0 Å². The molecule has 1 aromatic rings. The molecule has 1 unspecified atom stereocenters. The van der Waals surface area contributed by atoms with Gasteiger partial charge in [-0.25, -0.2) is 0 Å². The molecule has 15 heavy (non-hydrogen) atoms. The fourth-order valence-corrected chi connectivity index (χ4v) is 1.43. The van der Waals surface area contributed by atoms with Gasteiger partial charge in [0.05, 0.1) is 0 Å². The summed E-state index contributed by atoms with van der Waals surface area (Å²) in [6.07, 6.45) is 0. The third kappa shape index (κ3) is 2.47. The van der Waals surface area contributed by atoms with E-state index in [2.05, 4.69) is 0 Å². The molecule has 0 aliphatic carbocycles. The summed E-state index contributed by atoms with van der Waals surface area (Å²) in [4.78, 5) is 12.9. The minimum absolute atomic E-state index is 0.335. The van der Waals surface area contributed by atoms with Crippen LogP contribution in [0.5, 0.6) is 0 Å². The first-order valence-corrected chi connectivity index (χ1v) is 4.88. The maximum absolute atomic E-state index is 11.1. The fourth-order valence-electron chi connectivity index (χ4n) is 1.43. The fraction of sp³-hybridized carbons (Fsp3) is 0.364. The minimum Gasteiger partial charge on any atom is -0.368 e. The molecule has 0 heterocycles. The molecule has 0 fully saturated rings. The molecule has 0 saturated heterocycles. The lowest BCUT2D eigenvalue weighted by atomic mass is 10.1. The number of amides is 1. The Kier molecular flexibility index (Phi) is 3.68. The van der Waals surface area contributed by atoms with Crippen LogP contribution in [-0.4, -0.2) is 19.0 Å². The number of nitrogens with two attached hydrogens (primary N) is 2. The van der Waals surface area contributed by atoms with Gasteiger partial charge < -0.3 is 16.4 Å². The van der Waals surface area contributed by atoms with Crippen molar-refractivity contribution in [1.82, 2.24) is 0 Å². The summed E-state index contributed by atoms with van der Waals surface area (Å²) >= 11 is 0. The standard InChI is InChI=1S/C11H17N3O/c1-8(11(13)15)14(2)10-6-4-3-5-9(10)7-12/h3-6,8H,7,12H2,1-2H3,(H2,13,15). The second-order valence-electron chi connectivity index (χ2n) is 3.52. The molecule has 1 atom stereocenters. The first kappa shape index (κ1) is 11.5. The van der Waals surface area contributed by atoms with Crippen LogP contribution in [-0.2, 0) is 11.3 Å². The summed E-state index contributed by atoms with van der Waals surface area (Å²) in [5, 5.41) is 0. The smallest absolute Gasteiger partial charge is 0.239 e. The van der Waals surface area contributed by atoms with Crippen molar-refractivity contribution in [2.24, 2.45) is 11.5 Å². The van der Waals surface area contributed by atoms with E-state index in [9.17, 15) is 4.79 Å². The average Bonchev–Trinajstić information content (AvgIpc) is 2.26. The average molecular weight is 207 g/mol. The molecular weight excluding hydrogens is 190 g/mol. The summed E-state index contributed by atoms with van der Waals surface area (Å²) < 4.78 is 0. The quantitative estimate of drug-likeness (QED) is 0.753. The van der Waals surface area contributed by atoms with Crippen molar-refractivity contribution >= 4 is 11.6 Å². The Balaban J connectivity index is 2.99. The number of carbonyl (C=O) groups excluding carboxylic acids is 1. The largest absolute Gasteiger partial charge is 0.368 e. The highest BCUT2D eigenvalue weighted by atomic mass is 16.1. The van der Waals surface area contributed by atoms with Crippen LogP contribution in [0.1, 0.15) is 12.5 Å². The van der Waals surface area contributed by atoms with Gasteiger partial charge in [-0.2, -0.15) is 0 Å². The molecule has 0 radical (unpaired) electrons. The molecule has 0 saturated carbocycles. The maximum Gasteiger partial charge on any atom is 0.239 e. The highest BCUT2D eigenvalue weighted by Crippen LogP contribution is 2.20. The molecule has 4 nitrogen and oxygen atoms in total. The zero-order valence-electron chi connectivity index (χ0n) is 9.10. The van der Waals surface area contributed by atoms with Gasteiger partial charge in [0.25, 0.3) is 0 Å². The Morgan fingerprint density at radius 1 is 1.47 bits per heavy atom.